The van der Waals surface area contributed by atoms with Crippen molar-refractivity contribution >= 4 is 11.6 Å². The number of rotatable bonds is 4. The third kappa shape index (κ3) is 4.56. The van der Waals surface area contributed by atoms with Crippen LogP contribution in [0.15, 0.2) is 0 Å². The Morgan fingerprint density at radius 3 is 2.14 bits per heavy atom. The second-order valence-corrected chi connectivity index (χ2v) is 7.73. The van der Waals surface area contributed by atoms with Gasteiger partial charge in [-0.3, -0.25) is 0 Å². The van der Waals surface area contributed by atoms with Crippen molar-refractivity contribution in [2.45, 2.75) is 66.3 Å². The third-order valence-corrected chi connectivity index (χ3v) is 3.63. The summed E-state index contributed by atoms with van der Waals surface area (Å²) in [7, 11) is 0. The zero-order chi connectivity index (χ0) is 16.4. The topological polar surface area (TPSA) is 84.1 Å². The predicted octanol–water partition coefficient (Wildman–Crippen LogP) is 2.87. The van der Waals surface area contributed by atoms with E-state index in [1.807, 2.05) is 6.92 Å². The van der Waals surface area contributed by atoms with Crippen molar-refractivity contribution in [1.82, 2.24) is 9.97 Å². The standard InChI is InChI=1S/C16H30N4O/c1-10-12(17)19-14(16(5,6)7)20-13(10)18-11(8-9-21)15(2,3)4/h11,21H,8-9H2,1-7H3,(H3,17,18,19,20). The van der Waals surface area contributed by atoms with Crippen molar-refractivity contribution in [1.29, 1.82) is 0 Å². The Bertz CT molecular complexity index is 486. The van der Waals surface area contributed by atoms with Gasteiger partial charge in [0, 0.05) is 23.6 Å². The first-order chi connectivity index (χ1) is 9.46. The molecule has 0 saturated carbocycles. The minimum absolute atomic E-state index is 0.0107. The molecule has 5 heteroatoms. The van der Waals surface area contributed by atoms with Crippen molar-refractivity contribution in [3.8, 4) is 0 Å². The van der Waals surface area contributed by atoms with Gasteiger partial charge in [-0.15, -0.1) is 0 Å². The average Bonchev–Trinajstić information content (AvgIpc) is 2.31. The van der Waals surface area contributed by atoms with Crippen molar-refractivity contribution in [2.24, 2.45) is 5.41 Å². The summed E-state index contributed by atoms with van der Waals surface area (Å²) in [6.07, 6.45) is 0.664. The Morgan fingerprint density at radius 1 is 1.14 bits per heavy atom. The number of hydrogen-bond donors (Lipinski definition) is 3. The van der Waals surface area contributed by atoms with Crippen LogP contribution in [0.3, 0.4) is 0 Å². The molecule has 0 spiro atoms. The van der Waals surface area contributed by atoms with E-state index >= 15 is 0 Å². The minimum Gasteiger partial charge on any atom is -0.396 e. The number of nitrogens with two attached hydrogens (primary N) is 1. The van der Waals surface area contributed by atoms with Crippen molar-refractivity contribution in [3.05, 3.63) is 11.4 Å². The molecule has 0 aliphatic carbocycles. The molecule has 0 radical (unpaired) electrons. The van der Waals surface area contributed by atoms with Gasteiger partial charge in [0.05, 0.1) is 0 Å². The molecular formula is C16H30N4O. The quantitative estimate of drug-likeness (QED) is 0.795. The normalized spacial score (nSPS) is 14.1. The molecule has 5 nitrogen and oxygen atoms in total. The molecule has 120 valence electrons. The molecule has 0 amide bonds. The number of nitrogen functional groups attached to an aromatic ring is 1. The summed E-state index contributed by atoms with van der Waals surface area (Å²) in [6.45, 7) is 14.7. The van der Waals surface area contributed by atoms with Crippen molar-refractivity contribution < 1.29 is 5.11 Å². The van der Waals surface area contributed by atoms with Gasteiger partial charge < -0.3 is 16.2 Å². The maximum Gasteiger partial charge on any atom is 0.138 e. The molecule has 0 aromatic carbocycles. The zero-order valence-corrected chi connectivity index (χ0v) is 14.4. The van der Waals surface area contributed by atoms with Gasteiger partial charge in [-0.2, -0.15) is 0 Å². The second-order valence-electron chi connectivity index (χ2n) is 7.73. The fourth-order valence-corrected chi connectivity index (χ4v) is 2.03. The Balaban J connectivity index is 3.20. The number of aliphatic hydroxyl groups excluding tert-OH is 1. The fourth-order valence-electron chi connectivity index (χ4n) is 2.03. The highest BCUT2D eigenvalue weighted by molar-refractivity contribution is 5.55. The van der Waals surface area contributed by atoms with Crippen LogP contribution in [0.2, 0.25) is 0 Å². The Hall–Kier alpha value is -1.36. The molecule has 1 unspecified atom stereocenters. The van der Waals surface area contributed by atoms with Crippen LogP contribution in [0.4, 0.5) is 11.6 Å². The molecule has 1 atom stereocenters. The summed E-state index contributed by atoms with van der Waals surface area (Å²) in [5, 5.41) is 12.7. The van der Waals surface area contributed by atoms with E-state index in [0.717, 1.165) is 17.2 Å². The van der Waals surface area contributed by atoms with Crippen LogP contribution in [0, 0.1) is 12.3 Å². The van der Waals surface area contributed by atoms with Crippen LogP contribution >= 0.6 is 0 Å². The monoisotopic (exact) mass is 294 g/mol. The van der Waals surface area contributed by atoms with E-state index in [4.69, 9.17) is 5.73 Å². The summed E-state index contributed by atoms with van der Waals surface area (Å²) in [5.41, 5.74) is 6.74. The van der Waals surface area contributed by atoms with E-state index in [1.54, 1.807) is 0 Å². The fraction of sp³-hybridized carbons (Fsp3) is 0.750. The van der Waals surface area contributed by atoms with Crippen LogP contribution in [0.1, 0.15) is 59.4 Å². The molecule has 4 N–H and O–H groups in total. The van der Waals surface area contributed by atoms with Gasteiger partial charge in [-0.05, 0) is 18.8 Å². The van der Waals surface area contributed by atoms with Crippen LogP contribution < -0.4 is 11.1 Å². The molecular weight excluding hydrogens is 264 g/mol. The van der Waals surface area contributed by atoms with Gasteiger partial charge in [-0.1, -0.05) is 41.5 Å². The summed E-state index contributed by atoms with van der Waals surface area (Å²) in [5.74, 6) is 2.00. The highest BCUT2D eigenvalue weighted by Crippen LogP contribution is 2.29. The number of aliphatic hydroxyl groups is 1. The van der Waals surface area contributed by atoms with Gasteiger partial charge in [0.15, 0.2) is 0 Å². The molecule has 0 bridgehead atoms. The van der Waals surface area contributed by atoms with Crippen LogP contribution in [-0.2, 0) is 5.41 Å². The van der Waals surface area contributed by atoms with Gasteiger partial charge in [0.2, 0.25) is 0 Å². The van der Waals surface area contributed by atoms with Crippen LogP contribution in [0.5, 0.6) is 0 Å². The molecule has 21 heavy (non-hydrogen) atoms. The molecule has 1 aromatic heterocycles. The van der Waals surface area contributed by atoms with Crippen molar-refractivity contribution in [2.75, 3.05) is 17.7 Å². The van der Waals surface area contributed by atoms with E-state index in [1.165, 1.54) is 0 Å². The summed E-state index contributed by atoms with van der Waals surface area (Å²) >= 11 is 0. The summed E-state index contributed by atoms with van der Waals surface area (Å²) in [4.78, 5) is 9.05. The lowest BCUT2D eigenvalue weighted by molar-refractivity contribution is 0.235. The number of nitrogens with one attached hydrogen (secondary N) is 1. The number of hydrogen-bond acceptors (Lipinski definition) is 5. The first-order valence-electron chi connectivity index (χ1n) is 7.48. The van der Waals surface area contributed by atoms with Crippen LogP contribution in [0.25, 0.3) is 0 Å². The molecule has 0 saturated heterocycles. The number of anilines is 2. The predicted molar refractivity (Wildman–Crippen MR) is 88.4 cm³/mol. The van der Waals surface area contributed by atoms with Gasteiger partial charge in [0.25, 0.3) is 0 Å². The lowest BCUT2D eigenvalue weighted by atomic mass is 9.85. The first-order valence-corrected chi connectivity index (χ1v) is 7.48. The maximum atomic E-state index is 9.29. The Morgan fingerprint density at radius 2 is 1.71 bits per heavy atom. The van der Waals surface area contributed by atoms with E-state index in [9.17, 15) is 5.11 Å². The van der Waals surface area contributed by atoms with Crippen molar-refractivity contribution in [3.63, 3.8) is 0 Å². The largest absolute Gasteiger partial charge is 0.396 e. The maximum absolute atomic E-state index is 9.29. The molecule has 1 aromatic rings. The number of aromatic nitrogens is 2. The zero-order valence-electron chi connectivity index (χ0n) is 14.4. The van der Waals surface area contributed by atoms with E-state index in [0.29, 0.717) is 12.2 Å². The van der Waals surface area contributed by atoms with Crippen LogP contribution in [-0.4, -0.2) is 27.7 Å². The molecule has 0 aliphatic rings. The molecule has 1 heterocycles. The molecule has 1 rings (SSSR count). The average molecular weight is 294 g/mol. The lowest BCUT2D eigenvalue weighted by Gasteiger charge is -2.32. The van der Waals surface area contributed by atoms with E-state index < -0.39 is 0 Å². The Labute approximate surface area is 128 Å². The minimum atomic E-state index is -0.160. The Kier molecular flexibility index (Phi) is 5.20. The number of nitrogens with zero attached hydrogens (tertiary/aromatic N) is 2. The van der Waals surface area contributed by atoms with Gasteiger partial charge in [-0.25, -0.2) is 9.97 Å². The highest BCUT2D eigenvalue weighted by atomic mass is 16.3. The summed E-state index contributed by atoms with van der Waals surface area (Å²) in [6, 6.07) is 0.114. The molecule has 0 fully saturated rings. The lowest BCUT2D eigenvalue weighted by Crippen LogP contribution is -2.36. The third-order valence-electron chi connectivity index (χ3n) is 3.63. The SMILES string of the molecule is Cc1c(N)nc(C(C)(C)C)nc1NC(CCO)C(C)(C)C. The van der Waals surface area contributed by atoms with Gasteiger partial charge in [0.1, 0.15) is 17.5 Å². The highest BCUT2D eigenvalue weighted by Gasteiger charge is 2.26. The smallest absolute Gasteiger partial charge is 0.138 e. The first kappa shape index (κ1) is 17.7. The van der Waals surface area contributed by atoms with Gasteiger partial charge >= 0.3 is 0 Å². The second kappa shape index (κ2) is 6.18. The van der Waals surface area contributed by atoms with E-state index in [2.05, 4.69) is 56.8 Å². The van der Waals surface area contributed by atoms with E-state index in [-0.39, 0.29) is 23.5 Å². The molecule has 0 aliphatic heterocycles. The summed E-state index contributed by atoms with van der Waals surface area (Å²) < 4.78 is 0.